The second-order valence-electron chi connectivity index (χ2n) is 6.73. The first kappa shape index (κ1) is 30.1. The molecule has 0 unspecified atom stereocenters. The Morgan fingerprint density at radius 2 is 0.769 bits per heavy atom. The Balaban J connectivity index is -0.000000768. The van der Waals surface area contributed by atoms with E-state index in [0.717, 1.165) is 12.8 Å². The lowest BCUT2D eigenvalue weighted by atomic mass is 10.0. The molecule has 0 saturated carbocycles. The van der Waals surface area contributed by atoms with E-state index >= 15 is 0 Å². The van der Waals surface area contributed by atoms with Crippen molar-refractivity contribution >= 4 is 5.97 Å². The normalized spacial score (nSPS) is 9.73. The Labute approximate surface area is 163 Å². The smallest absolute Gasteiger partial charge is 0.303 e. The summed E-state index contributed by atoms with van der Waals surface area (Å²) in [6.45, 7) is 6.13. The van der Waals surface area contributed by atoms with E-state index in [1.54, 1.807) is 13.8 Å². The van der Waals surface area contributed by atoms with Gasteiger partial charge in [-0.3, -0.25) is 4.79 Å². The third-order valence-electron chi connectivity index (χ3n) is 3.99. The van der Waals surface area contributed by atoms with Gasteiger partial charge >= 0.3 is 5.97 Å². The molecule has 26 heavy (non-hydrogen) atoms. The van der Waals surface area contributed by atoms with Crippen molar-refractivity contribution < 1.29 is 20.1 Å². The fourth-order valence-corrected chi connectivity index (χ4v) is 2.65. The van der Waals surface area contributed by atoms with E-state index in [1.807, 2.05) is 0 Å². The summed E-state index contributed by atoms with van der Waals surface area (Å²) in [7, 11) is 0. The molecule has 4 nitrogen and oxygen atoms in total. The van der Waals surface area contributed by atoms with Gasteiger partial charge in [-0.2, -0.15) is 0 Å². The predicted molar refractivity (Wildman–Crippen MR) is 113 cm³/mol. The van der Waals surface area contributed by atoms with Gasteiger partial charge in [0.1, 0.15) is 0 Å². The SMILES string of the molecule is CCCCCCCCCCCCCCCCCC(=O)O.CCO.CCO. The van der Waals surface area contributed by atoms with Crippen LogP contribution in [0.3, 0.4) is 0 Å². The largest absolute Gasteiger partial charge is 0.481 e. The van der Waals surface area contributed by atoms with Crippen molar-refractivity contribution in [3.05, 3.63) is 0 Å². The van der Waals surface area contributed by atoms with Gasteiger partial charge in [0.05, 0.1) is 0 Å². The molecule has 0 rings (SSSR count). The van der Waals surface area contributed by atoms with Crippen molar-refractivity contribution in [2.45, 2.75) is 124 Å². The molecule has 0 fully saturated rings. The number of aliphatic carboxylic acids is 1. The zero-order chi connectivity index (χ0) is 20.3. The Hall–Kier alpha value is -0.610. The molecule has 0 radical (unpaired) electrons. The van der Waals surface area contributed by atoms with Gasteiger partial charge in [0.25, 0.3) is 0 Å². The zero-order valence-corrected chi connectivity index (χ0v) is 18.0. The minimum Gasteiger partial charge on any atom is -0.481 e. The summed E-state index contributed by atoms with van der Waals surface area (Å²) in [5.74, 6) is -0.653. The van der Waals surface area contributed by atoms with Gasteiger partial charge in [-0.25, -0.2) is 0 Å². The number of carboxylic acid groups (broad SMARTS) is 1. The van der Waals surface area contributed by atoms with Gasteiger partial charge in [-0.15, -0.1) is 0 Å². The molecule has 0 heterocycles. The third kappa shape index (κ3) is 43.6. The number of aliphatic hydroxyl groups excluding tert-OH is 2. The second kappa shape index (κ2) is 32.1. The molecule has 0 aromatic carbocycles. The van der Waals surface area contributed by atoms with Crippen LogP contribution < -0.4 is 0 Å². The molecule has 0 aliphatic carbocycles. The van der Waals surface area contributed by atoms with E-state index in [9.17, 15) is 4.79 Å². The van der Waals surface area contributed by atoms with E-state index in [1.165, 1.54) is 83.5 Å². The van der Waals surface area contributed by atoms with Crippen LogP contribution in [0.25, 0.3) is 0 Å². The summed E-state index contributed by atoms with van der Waals surface area (Å²) in [5, 5.41) is 23.7. The Morgan fingerprint density at radius 1 is 0.538 bits per heavy atom. The third-order valence-corrected chi connectivity index (χ3v) is 3.99. The summed E-state index contributed by atoms with van der Waals surface area (Å²) in [6, 6.07) is 0. The van der Waals surface area contributed by atoms with E-state index < -0.39 is 5.97 Å². The van der Waals surface area contributed by atoms with Crippen molar-refractivity contribution in [1.82, 2.24) is 0 Å². The summed E-state index contributed by atoms with van der Waals surface area (Å²) in [4.78, 5) is 10.3. The van der Waals surface area contributed by atoms with Gasteiger partial charge in [-0.1, -0.05) is 96.8 Å². The van der Waals surface area contributed by atoms with Gasteiger partial charge in [-0.05, 0) is 20.3 Å². The minimum absolute atomic E-state index is 0.250. The molecule has 0 spiro atoms. The van der Waals surface area contributed by atoms with Gasteiger partial charge < -0.3 is 15.3 Å². The highest BCUT2D eigenvalue weighted by molar-refractivity contribution is 5.66. The van der Waals surface area contributed by atoms with Crippen LogP contribution in [0.15, 0.2) is 0 Å². The molecular formula is C22H48O4. The fourth-order valence-electron chi connectivity index (χ4n) is 2.65. The monoisotopic (exact) mass is 376 g/mol. The lowest BCUT2D eigenvalue weighted by Gasteiger charge is -2.03. The molecule has 0 aliphatic heterocycles. The molecule has 0 bridgehead atoms. The molecule has 0 amide bonds. The maximum atomic E-state index is 10.3. The first-order valence-corrected chi connectivity index (χ1v) is 11.0. The molecule has 0 aliphatic rings. The first-order chi connectivity index (χ1) is 12.6. The number of carbonyl (C=O) groups is 1. The highest BCUT2D eigenvalue weighted by Crippen LogP contribution is 2.13. The molecule has 4 heteroatoms. The number of carboxylic acids is 1. The average molecular weight is 377 g/mol. The molecular weight excluding hydrogens is 328 g/mol. The van der Waals surface area contributed by atoms with E-state index in [2.05, 4.69) is 6.92 Å². The van der Waals surface area contributed by atoms with Crippen LogP contribution in [0.1, 0.15) is 124 Å². The predicted octanol–water partition coefficient (Wildman–Crippen LogP) is 6.33. The number of hydrogen-bond donors (Lipinski definition) is 3. The summed E-state index contributed by atoms with van der Waals surface area (Å²) in [6.07, 6.45) is 20.2. The number of unbranched alkanes of at least 4 members (excludes halogenated alkanes) is 14. The van der Waals surface area contributed by atoms with Crippen molar-refractivity contribution in [3.8, 4) is 0 Å². The van der Waals surface area contributed by atoms with Crippen molar-refractivity contribution in [2.24, 2.45) is 0 Å². The van der Waals surface area contributed by atoms with Crippen LogP contribution in [0.2, 0.25) is 0 Å². The van der Waals surface area contributed by atoms with Crippen LogP contribution in [0, 0.1) is 0 Å². The lowest BCUT2D eigenvalue weighted by Crippen LogP contribution is -1.93. The number of rotatable bonds is 16. The Bertz CT molecular complexity index is 230. The van der Waals surface area contributed by atoms with Crippen molar-refractivity contribution in [1.29, 1.82) is 0 Å². The Kier molecular flexibility index (Phi) is 37.2. The second-order valence-corrected chi connectivity index (χ2v) is 6.73. The van der Waals surface area contributed by atoms with Gasteiger partial charge in [0.15, 0.2) is 0 Å². The minimum atomic E-state index is -0.653. The highest BCUT2D eigenvalue weighted by Gasteiger charge is 1.97. The maximum absolute atomic E-state index is 10.3. The summed E-state index contributed by atoms with van der Waals surface area (Å²) in [5.41, 5.74) is 0. The zero-order valence-electron chi connectivity index (χ0n) is 18.0. The quantitative estimate of drug-likeness (QED) is 0.275. The molecule has 3 N–H and O–H groups in total. The highest BCUT2D eigenvalue weighted by atomic mass is 16.4. The molecule has 0 atom stereocenters. The molecule has 0 saturated heterocycles. The van der Waals surface area contributed by atoms with E-state index in [0.29, 0.717) is 6.42 Å². The van der Waals surface area contributed by atoms with E-state index in [4.69, 9.17) is 15.3 Å². The van der Waals surface area contributed by atoms with Gasteiger partial charge in [0, 0.05) is 19.6 Å². The van der Waals surface area contributed by atoms with Crippen LogP contribution in [-0.4, -0.2) is 34.5 Å². The Morgan fingerprint density at radius 3 is 1.00 bits per heavy atom. The fraction of sp³-hybridized carbons (Fsp3) is 0.955. The van der Waals surface area contributed by atoms with Crippen LogP contribution in [0.4, 0.5) is 0 Å². The van der Waals surface area contributed by atoms with Crippen molar-refractivity contribution in [2.75, 3.05) is 13.2 Å². The average Bonchev–Trinajstić information content (AvgIpc) is 2.59. The topological polar surface area (TPSA) is 77.8 Å². The molecule has 0 aromatic heterocycles. The molecule has 0 aromatic rings. The van der Waals surface area contributed by atoms with Crippen LogP contribution >= 0.6 is 0 Å². The maximum Gasteiger partial charge on any atom is 0.303 e. The van der Waals surface area contributed by atoms with Crippen LogP contribution in [-0.2, 0) is 4.79 Å². The standard InChI is InChI=1S/C18H36O2.2C2H6O/c1-2-3-4-5-6-7-8-9-10-11-12-13-14-15-16-17-18(19)20;2*1-2-3/h2-17H2,1H3,(H,19,20);2*3H,2H2,1H3. The molecule has 160 valence electrons. The number of hydrogen-bond acceptors (Lipinski definition) is 3. The first-order valence-electron chi connectivity index (χ1n) is 11.0. The van der Waals surface area contributed by atoms with Gasteiger partial charge in [0.2, 0.25) is 0 Å². The summed E-state index contributed by atoms with van der Waals surface area (Å²) >= 11 is 0. The number of aliphatic hydroxyl groups is 2. The van der Waals surface area contributed by atoms with Crippen LogP contribution in [0.5, 0.6) is 0 Å². The van der Waals surface area contributed by atoms with Crippen molar-refractivity contribution in [3.63, 3.8) is 0 Å². The van der Waals surface area contributed by atoms with E-state index in [-0.39, 0.29) is 13.2 Å². The summed E-state index contributed by atoms with van der Waals surface area (Å²) < 4.78 is 0. The lowest BCUT2D eigenvalue weighted by molar-refractivity contribution is -0.137.